The van der Waals surface area contributed by atoms with Gasteiger partial charge in [-0.3, -0.25) is 0 Å². The normalized spacial score (nSPS) is 22.8. The van der Waals surface area contributed by atoms with Crippen molar-refractivity contribution < 1.29 is 4.74 Å². The molecule has 1 aliphatic heterocycles. The van der Waals surface area contributed by atoms with E-state index in [0.717, 1.165) is 12.2 Å². The van der Waals surface area contributed by atoms with Gasteiger partial charge in [-0.15, -0.1) is 0 Å². The van der Waals surface area contributed by atoms with E-state index in [9.17, 15) is 0 Å². The van der Waals surface area contributed by atoms with Crippen molar-refractivity contribution in [2.24, 2.45) is 0 Å². The van der Waals surface area contributed by atoms with Crippen LogP contribution in [-0.4, -0.2) is 19.7 Å². The van der Waals surface area contributed by atoms with Crippen molar-refractivity contribution in [1.82, 2.24) is 5.32 Å². The zero-order valence-electron chi connectivity index (χ0n) is 10.6. The average Bonchev–Trinajstić information content (AvgIpc) is 2.99. The van der Waals surface area contributed by atoms with Crippen molar-refractivity contribution in [2.75, 3.05) is 13.7 Å². The van der Waals surface area contributed by atoms with Gasteiger partial charge in [-0.1, -0.05) is 6.07 Å². The standard InChI is InChI=1S/C15H21NO/c1-17-15-8-7-11-4-2-6-13(11)14(15)10-12-5-3-9-16-12/h7-8,12,16H,2-6,9-10H2,1H3. The van der Waals surface area contributed by atoms with Crippen molar-refractivity contribution in [3.63, 3.8) is 0 Å². The van der Waals surface area contributed by atoms with E-state index in [1.54, 1.807) is 18.2 Å². The molecule has 0 radical (unpaired) electrons. The minimum absolute atomic E-state index is 0.663. The minimum atomic E-state index is 0.663. The van der Waals surface area contributed by atoms with Crippen LogP contribution in [0.5, 0.6) is 5.75 Å². The van der Waals surface area contributed by atoms with E-state index in [1.165, 1.54) is 44.2 Å². The molecule has 0 bridgehead atoms. The predicted octanol–water partition coefficient (Wildman–Crippen LogP) is 2.48. The van der Waals surface area contributed by atoms with Crippen LogP contribution in [0.2, 0.25) is 0 Å². The summed E-state index contributed by atoms with van der Waals surface area (Å²) in [5, 5.41) is 3.59. The van der Waals surface area contributed by atoms with Crippen LogP contribution in [0.1, 0.15) is 36.0 Å². The molecule has 0 saturated carbocycles. The fraction of sp³-hybridized carbons (Fsp3) is 0.600. The number of nitrogens with one attached hydrogen (secondary N) is 1. The van der Waals surface area contributed by atoms with Gasteiger partial charge in [0.25, 0.3) is 0 Å². The number of hydrogen-bond donors (Lipinski definition) is 1. The third-order valence-electron chi connectivity index (χ3n) is 4.19. The Labute approximate surface area is 103 Å². The van der Waals surface area contributed by atoms with Gasteiger partial charge >= 0.3 is 0 Å². The first-order valence-electron chi connectivity index (χ1n) is 6.79. The first-order valence-corrected chi connectivity index (χ1v) is 6.79. The Morgan fingerprint density at radius 1 is 1.29 bits per heavy atom. The summed E-state index contributed by atoms with van der Waals surface area (Å²) in [7, 11) is 1.79. The number of benzene rings is 1. The Kier molecular flexibility index (Phi) is 3.06. The smallest absolute Gasteiger partial charge is 0.122 e. The fourth-order valence-electron chi connectivity index (χ4n) is 3.31. The lowest BCUT2D eigenvalue weighted by atomic mass is 9.95. The summed E-state index contributed by atoms with van der Waals surface area (Å²) in [4.78, 5) is 0. The summed E-state index contributed by atoms with van der Waals surface area (Å²) in [6.45, 7) is 1.18. The van der Waals surface area contributed by atoms with E-state index in [1.807, 2.05) is 0 Å². The predicted molar refractivity (Wildman–Crippen MR) is 69.7 cm³/mol. The van der Waals surface area contributed by atoms with Gasteiger partial charge < -0.3 is 10.1 Å². The molecule has 0 aromatic heterocycles. The average molecular weight is 231 g/mol. The third kappa shape index (κ3) is 2.06. The summed E-state index contributed by atoms with van der Waals surface area (Å²) in [6.07, 6.45) is 7.59. The minimum Gasteiger partial charge on any atom is -0.496 e. The van der Waals surface area contributed by atoms with Gasteiger partial charge in [0, 0.05) is 6.04 Å². The quantitative estimate of drug-likeness (QED) is 0.863. The SMILES string of the molecule is COc1ccc2c(c1CC1CCCN1)CCC2. The summed E-state index contributed by atoms with van der Waals surface area (Å²) in [6, 6.07) is 5.08. The van der Waals surface area contributed by atoms with Gasteiger partial charge in [0.2, 0.25) is 0 Å². The Morgan fingerprint density at radius 2 is 2.24 bits per heavy atom. The van der Waals surface area contributed by atoms with E-state index in [0.29, 0.717) is 6.04 Å². The molecule has 1 N–H and O–H groups in total. The summed E-state index contributed by atoms with van der Waals surface area (Å²) < 4.78 is 5.55. The largest absolute Gasteiger partial charge is 0.496 e. The molecule has 0 spiro atoms. The van der Waals surface area contributed by atoms with E-state index < -0.39 is 0 Å². The highest BCUT2D eigenvalue weighted by Gasteiger charge is 2.22. The maximum Gasteiger partial charge on any atom is 0.122 e. The molecule has 1 atom stereocenters. The van der Waals surface area contributed by atoms with Crippen LogP contribution in [0, 0.1) is 0 Å². The molecule has 17 heavy (non-hydrogen) atoms. The highest BCUT2D eigenvalue weighted by Crippen LogP contribution is 2.33. The van der Waals surface area contributed by atoms with Gasteiger partial charge in [0.15, 0.2) is 0 Å². The summed E-state index contributed by atoms with van der Waals surface area (Å²) in [5.41, 5.74) is 4.61. The summed E-state index contributed by atoms with van der Waals surface area (Å²) in [5.74, 6) is 1.10. The second-order valence-electron chi connectivity index (χ2n) is 5.24. The number of methoxy groups -OCH3 is 1. The van der Waals surface area contributed by atoms with Gasteiger partial charge in [0.05, 0.1) is 7.11 Å². The van der Waals surface area contributed by atoms with Crippen LogP contribution in [0.3, 0.4) is 0 Å². The molecule has 1 aromatic rings. The van der Waals surface area contributed by atoms with Gasteiger partial charge in [-0.2, -0.15) is 0 Å². The maximum absolute atomic E-state index is 5.55. The molecule has 92 valence electrons. The van der Waals surface area contributed by atoms with Crippen molar-refractivity contribution in [3.8, 4) is 5.75 Å². The van der Waals surface area contributed by atoms with Gasteiger partial charge in [0.1, 0.15) is 5.75 Å². The lowest BCUT2D eigenvalue weighted by Gasteiger charge is -2.17. The van der Waals surface area contributed by atoms with Crippen molar-refractivity contribution >= 4 is 0 Å². The molecule has 1 aromatic carbocycles. The number of rotatable bonds is 3. The highest BCUT2D eigenvalue weighted by atomic mass is 16.5. The molecular weight excluding hydrogens is 210 g/mol. The lowest BCUT2D eigenvalue weighted by molar-refractivity contribution is 0.406. The highest BCUT2D eigenvalue weighted by molar-refractivity contribution is 5.47. The van der Waals surface area contributed by atoms with Crippen LogP contribution >= 0.6 is 0 Å². The number of hydrogen-bond acceptors (Lipinski definition) is 2. The zero-order valence-corrected chi connectivity index (χ0v) is 10.6. The molecule has 0 amide bonds. The maximum atomic E-state index is 5.55. The van der Waals surface area contributed by atoms with Crippen LogP contribution < -0.4 is 10.1 Å². The molecule has 2 aliphatic rings. The third-order valence-corrected chi connectivity index (χ3v) is 4.19. The Bertz CT molecular complexity index is 408. The number of ether oxygens (including phenoxy) is 1. The summed E-state index contributed by atoms with van der Waals surface area (Å²) >= 11 is 0. The Hall–Kier alpha value is -1.02. The monoisotopic (exact) mass is 231 g/mol. The lowest BCUT2D eigenvalue weighted by Crippen LogP contribution is -2.24. The van der Waals surface area contributed by atoms with Crippen LogP contribution in [-0.2, 0) is 19.3 Å². The van der Waals surface area contributed by atoms with Crippen LogP contribution in [0.15, 0.2) is 12.1 Å². The molecule has 1 saturated heterocycles. The van der Waals surface area contributed by atoms with E-state index in [4.69, 9.17) is 4.74 Å². The zero-order chi connectivity index (χ0) is 11.7. The molecule has 1 fully saturated rings. The molecule has 2 heteroatoms. The van der Waals surface area contributed by atoms with Gasteiger partial charge in [-0.05, 0) is 67.8 Å². The topological polar surface area (TPSA) is 21.3 Å². The second-order valence-corrected chi connectivity index (χ2v) is 5.24. The van der Waals surface area contributed by atoms with E-state index in [2.05, 4.69) is 17.4 Å². The molecular formula is C15H21NO. The second kappa shape index (κ2) is 4.69. The Morgan fingerprint density at radius 3 is 3.00 bits per heavy atom. The van der Waals surface area contributed by atoms with E-state index >= 15 is 0 Å². The van der Waals surface area contributed by atoms with Crippen molar-refractivity contribution in [1.29, 1.82) is 0 Å². The molecule has 3 rings (SSSR count). The van der Waals surface area contributed by atoms with Crippen molar-refractivity contribution in [3.05, 3.63) is 28.8 Å². The fourth-order valence-corrected chi connectivity index (χ4v) is 3.31. The van der Waals surface area contributed by atoms with E-state index in [-0.39, 0.29) is 0 Å². The Balaban J connectivity index is 1.92. The molecule has 2 nitrogen and oxygen atoms in total. The van der Waals surface area contributed by atoms with Crippen LogP contribution in [0.25, 0.3) is 0 Å². The first kappa shape index (κ1) is 11.1. The van der Waals surface area contributed by atoms with Crippen LogP contribution in [0.4, 0.5) is 0 Å². The molecule has 1 heterocycles. The van der Waals surface area contributed by atoms with Crippen molar-refractivity contribution in [2.45, 2.75) is 44.6 Å². The van der Waals surface area contributed by atoms with Gasteiger partial charge in [-0.25, -0.2) is 0 Å². The molecule has 1 aliphatic carbocycles. The number of fused-ring (bicyclic) bond motifs is 1. The first-order chi connectivity index (χ1) is 8.38. The molecule has 1 unspecified atom stereocenters. The number of aryl methyl sites for hydroxylation is 1.